The van der Waals surface area contributed by atoms with Gasteiger partial charge >= 0.3 is 0 Å². The molecule has 0 heteroatoms. The van der Waals surface area contributed by atoms with Crippen molar-refractivity contribution in [2.75, 3.05) is 0 Å². The van der Waals surface area contributed by atoms with Crippen molar-refractivity contribution in [2.24, 2.45) is 0 Å². The molecule has 142 valence electrons. The van der Waals surface area contributed by atoms with E-state index in [0.717, 1.165) is 6.42 Å². The maximum atomic E-state index is 3.90. The van der Waals surface area contributed by atoms with Gasteiger partial charge in [0.1, 0.15) is 0 Å². The third-order valence-electron chi connectivity index (χ3n) is 5.04. The van der Waals surface area contributed by atoms with Crippen molar-refractivity contribution in [1.29, 1.82) is 0 Å². The topological polar surface area (TPSA) is 0 Å². The fourth-order valence-corrected chi connectivity index (χ4v) is 3.39. The van der Waals surface area contributed by atoms with Crippen molar-refractivity contribution < 1.29 is 0 Å². The normalized spacial score (nSPS) is 11.6. The van der Waals surface area contributed by atoms with E-state index in [2.05, 4.69) is 19.9 Å². The zero-order chi connectivity index (χ0) is 17.6. The Hall–Kier alpha value is -0.260. The van der Waals surface area contributed by atoms with Gasteiger partial charge in [-0.2, -0.15) is 0 Å². The molecule has 0 unspecified atom stereocenters. The van der Waals surface area contributed by atoms with Crippen LogP contribution in [0.15, 0.2) is 12.2 Å². The van der Waals surface area contributed by atoms with Gasteiger partial charge in [0.15, 0.2) is 0 Å². The molecule has 0 spiro atoms. The van der Waals surface area contributed by atoms with Gasteiger partial charge in [-0.3, -0.25) is 0 Å². The molecule has 0 rings (SSSR count). The summed E-state index contributed by atoms with van der Waals surface area (Å²) in [5.41, 5.74) is 0. The molecule has 0 amide bonds. The van der Waals surface area contributed by atoms with Crippen LogP contribution < -0.4 is 0 Å². The van der Waals surface area contributed by atoms with Gasteiger partial charge in [0.25, 0.3) is 0 Å². The lowest BCUT2D eigenvalue weighted by atomic mass is 10.0. The molecule has 0 aliphatic rings. The number of rotatable bonds is 20. The molecule has 2 radical (unpaired) electrons. The van der Waals surface area contributed by atoms with Crippen LogP contribution in [0.4, 0.5) is 0 Å². The van der Waals surface area contributed by atoms with Crippen molar-refractivity contribution in [3.8, 4) is 0 Å². The number of unbranched alkanes of at least 4 members (excludes halogenated alkanes) is 19. The number of hydrogen-bond donors (Lipinski definition) is 0. The average molecular weight is 335 g/mol. The second-order valence-corrected chi connectivity index (χ2v) is 7.48. The highest BCUT2D eigenvalue weighted by Crippen LogP contribution is 2.14. The zero-order valence-electron chi connectivity index (χ0n) is 16.7. The first-order chi connectivity index (χ1) is 11.9. The summed E-state index contributed by atoms with van der Waals surface area (Å²) in [5, 5.41) is 0. The largest absolute Gasteiger partial charge is 0.0885 e. The molecule has 0 aromatic heterocycles. The molecule has 0 nitrogen and oxygen atoms in total. The predicted molar refractivity (Wildman–Crippen MR) is 112 cm³/mol. The molecule has 0 aromatic rings. The van der Waals surface area contributed by atoms with E-state index in [0.29, 0.717) is 0 Å². The Morgan fingerprint density at radius 3 is 1.00 bits per heavy atom. The molecular weight excluding hydrogens is 288 g/mol. The molecular formula is C24H46. The molecule has 0 aromatic carbocycles. The lowest BCUT2D eigenvalue weighted by Gasteiger charge is -2.03. The van der Waals surface area contributed by atoms with Crippen LogP contribution in [0.3, 0.4) is 0 Å². The van der Waals surface area contributed by atoms with Gasteiger partial charge in [-0.05, 0) is 19.8 Å². The SMILES string of the molecule is [CH2]C=CCCCCCCCCCCCCCCCCCCCC[CH2]. The first-order valence-corrected chi connectivity index (χ1v) is 11.1. The molecule has 0 bridgehead atoms. The van der Waals surface area contributed by atoms with Crippen LogP contribution in [0.5, 0.6) is 0 Å². The molecule has 0 aliphatic heterocycles. The van der Waals surface area contributed by atoms with Gasteiger partial charge in [-0.25, -0.2) is 0 Å². The van der Waals surface area contributed by atoms with E-state index < -0.39 is 0 Å². The van der Waals surface area contributed by atoms with Crippen molar-refractivity contribution in [1.82, 2.24) is 0 Å². The highest BCUT2D eigenvalue weighted by molar-refractivity contribution is 4.83. The fourth-order valence-electron chi connectivity index (χ4n) is 3.39. The fraction of sp³-hybridized carbons (Fsp3) is 0.833. The monoisotopic (exact) mass is 334 g/mol. The Bertz CT molecular complexity index is 228. The second kappa shape index (κ2) is 22.7. The summed E-state index contributed by atoms with van der Waals surface area (Å²) in [7, 11) is 0. The minimum atomic E-state index is 1.12. The highest BCUT2D eigenvalue weighted by atomic mass is 14.0. The van der Waals surface area contributed by atoms with Crippen LogP contribution in [-0.2, 0) is 0 Å². The van der Waals surface area contributed by atoms with E-state index in [1.807, 2.05) is 6.08 Å². The number of hydrogen-bond acceptors (Lipinski definition) is 0. The van der Waals surface area contributed by atoms with Crippen LogP contribution in [0.1, 0.15) is 128 Å². The Morgan fingerprint density at radius 1 is 0.417 bits per heavy atom. The lowest BCUT2D eigenvalue weighted by Crippen LogP contribution is -1.84. The molecule has 24 heavy (non-hydrogen) atoms. The van der Waals surface area contributed by atoms with Crippen LogP contribution in [0.25, 0.3) is 0 Å². The minimum Gasteiger partial charge on any atom is -0.0885 e. The first kappa shape index (κ1) is 23.7. The summed E-state index contributed by atoms with van der Waals surface area (Å²) in [6.45, 7) is 7.62. The van der Waals surface area contributed by atoms with Crippen molar-refractivity contribution in [2.45, 2.75) is 128 Å². The average Bonchev–Trinajstić information content (AvgIpc) is 2.60. The van der Waals surface area contributed by atoms with E-state index >= 15 is 0 Å². The summed E-state index contributed by atoms with van der Waals surface area (Å²) in [4.78, 5) is 0. The van der Waals surface area contributed by atoms with Crippen LogP contribution in [0, 0.1) is 13.8 Å². The van der Waals surface area contributed by atoms with Crippen LogP contribution in [-0.4, -0.2) is 0 Å². The van der Waals surface area contributed by atoms with E-state index in [1.54, 1.807) is 0 Å². The van der Waals surface area contributed by atoms with Gasteiger partial charge < -0.3 is 0 Å². The first-order valence-electron chi connectivity index (χ1n) is 11.1. The Morgan fingerprint density at radius 2 is 0.708 bits per heavy atom. The van der Waals surface area contributed by atoms with Crippen LogP contribution in [0.2, 0.25) is 0 Å². The standard InChI is InChI=1S/C24H46/c1-3-5-7-9-11-13-15-17-19-21-23-24-22-20-18-16-14-12-10-8-6-4-2/h3,5H,1-2,4,6-24H2. The Kier molecular flexibility index (Phi) is 22.5. The van der Waals surface area contributed by atoms with Crippen molar-refractivity contribution >= 4 is 0 Å². The summed E-state index contributed by atoms with van der Waals surface area (Å²) < 4.78 is 0. The van der Waals surface area contributed by atoms with Gasteiger partial charge in [-0.1, -0.05) is 135 Å². The van der Waals surface area contributed by atoms with E-state index in [1.165, 1.54) is 122 Å². The quantitative estimate of drug-likeness (QED) is 0.195. The van der Waals surface area contributed by atoms with E-state index in [4.69, 9.17) is 0 Å². The van der Waals surface area contributed by atoms with E-state index in [9.17, 15) is 0 Å². The molecule has 0 saturated heterocycles. The van der Waals surface area contributed by atoms with Gasteiger partial charge in [0, 0.05) is 0 Å². The minimum absolute atomic E-state index is 1.12. The summed E-state index contributed by atoms with van der Waals surface area (Å²) in [6.07, 6.45) is 32.4. The molecule has 0 heterocycles. The van der Waals surface area contributed by atoms with E-state index in [-0.39, 0.29) is 0 Å². The Labute approximate surface area is 154 Å². The second-order valence-electron chi connectivity index (χ2n) is 7.48. The zero-order valence-corrected chi connectivity index (χ0v) is 16.7. The molecule has 0 aliphatic carbocycles. The Balaban J connectivity index is 2.95. The molecule has 0 N–H and O–H groups in total. The third-order valence-corrected chi connectivity index (χ3v) is 5.04. The number of allylic oxidation sites excluding steroid dienone is 2. The third kappa shape index (κ3) is 21.7. The summed E-state index contributed by atoms with van der Waals surface area (Å²) >= 11 is 0. The maximum Gasteiger partial charge on any atom is -0.0316 e. The van der Waals surface area contributed by atoms with Gasteiger partial charge in [0.2, 0.25) is 0 Å². The maximum absolute atomic E-state index is 3.90. The van der Waals surface area contributed by atoms with Crippen LogP contribution >= 0.6 is 0 Å². The lowest BCUT2D eigenvalue weighted by molar-refractivity contribution is 0.524. The summed E-state index contributed by atoms with van der Waals surface area (Å²) in [6, 6.07) is 0. The predicted octanol–water partition coefficient (Wildman–Crippen LogP) is 9.01. The van der Waals surface area contributed by atoms with Crippen molar-refractivity contribution in [3.63, 3.8) is 0 Å². The molecule has 0 fully saturated rings. The smallest absolute Gasteiger partial charge is 0.0316 e. The summed E-state index contributed by atoms with van der Waals surface area (Å²) in [5.74, 6) is 0. The van der Waals surface area contributed by atoms with Crippen molar-refractivity contribution in [3.05, 3.63) is 26.0 Å². The highest BCUT2D eigenvalue weighted by Gasteiger charge is 1.95. The molecule has 0 saturated carbocycles. The van der Waals surface area contributed by atoms with Gasteiger partial charge in [0.05, 0.1) is 0 Å². The van der Waals surface area contributed by atoms with Gasteiger partial charge in [-0.15, -0.1) is 0 Å². The molecule has 0 atom stereocenters.